The van der Waals surface area contributed by atoms with Gasteiger partial charge in [-0.2, -0.15) is 0 Å². The predicted molar refractivity (Wildman–Crippen MR) is 154 cm³/mol. The van der Waals surface area contributed by atoms with E-state index in [1.165, 1.54) is 7.11 Å². The van der Waals surface area contributed by atoms with E-state index in [0.717, 1.165) is 49.9 Å². The van der Waals surface area contributed by atoms with Gasteiger partial charge in [0.1, 0.15) is 18.1 Å². The number of anilines is 1. The van der Waals surface area contributed by atoms with Gasteiger partial charge in [-0.25, -0.2) is 4.79 Å². The van der Waals surface area contributed by atoms with Crippen LogP contribution in [-0.4, -0.2) is 33.3 Å². The van der Waals surface area contributed by atoms with Crippen LogP contribution in [0.1, 0.15) is 15.9 Å². The molecule has 38 heavy (non-hydrogen) atoms. The molecule has 0 saturated carbocycles. The number of methoxy groups -OCH3 is 2. The van der Waals surface area contributed by atoms with Crippen molar-refractivity contribution >= 4 is 39.3 Å². The summed E-state index contributed by atoms with van der Waals surface area (Å²) in [4.78, 5) is 11.8. The Bertz CT molecular complexity index is 1600. The second-order valence-corrected chi connectivity index (χ2v) is 8.96. The first-order chi connectivity index (χ1) is 18.6. The molecule has 0 atom stereocenters. The van der Waals surface area contributed by atoms with E-state index in [4.69, 9.17) is 14.2 Å². The normalized spacial score (nSPS) is 11.4. The molecule has 0 aliphatic carbocycles. The van der Waals surface area contributed by atoms with Crippen molar-refractivity contribution in [2.24, 2.45) is 0 Å². The number of fused-ring (bicyclic) bond motifs is 2. The predicted octanol–water partition coefficient (Wildman–Crippen LogP) is 7.36. The monoisotopic (exact) mass is 503 g/mol. The number of rotatable bonds is 9. The molecule has 1 N–H and O–H groups in total. The highest BCUT2D eigenvalue weighted by molar-refractivity contribution is 5.90. The molecule has 0 bridgehead atoms. The largest absolute Gasteiger partial charge is 0.497 e. The number of carbonyl (C=O) groups is 1. The minimum Gasteiger partial charge on any atom is -0.497 e. The van der Waals surface area contributed by atoms with Crippen molar-refractivity contribution in [3.8, 4) is 11.5 Å². The number of hydrogen-bond acceptors (Lipinski definition) is 5. The summed E-state index contributed by atoms with van der Waals surface area (Å²) in [6.07, 6.45) is 2.09. The molecule has 0 heterocycles. The van der Waals surface area contributed by atoms with Gasteiger partial charge in [-0.1, -0.05) is 66.7 Å². The maximum absolute atomic E-state index is 11.8. The summed E-state index contributed by atoms with van der Waals surface area (Å²) >= 11 is 0. The lowest BCUT2D eigenvalue weighted by Crippen LogP contribution is -2.12. The molecule has 0 aliphatic heterocycles. The van der Waals surface area contributed by atoms with Gasteiger partial charge in [0.2, 0.25) is 0 Å². The van der Waals surface area contributed by atoms with Gasteiger partial charge < -0.3 is 19.5 Å². The quantitative estimate of drug-likeness (QED) is 0.213. The molecule has 5 aromatic carbocycles. The van der Waals surface area contributed by atoms with Gasteiger partial charge in [-0.15, -0.1) is 0 Å². The number of nitrogens with one attached hydrogen (secondary N) is 1. The Balaban J connectivity index is 1.39. The van der Waals surface area contributed by atoms with Crippen LogP contribution in [0.15, 0.2) is 109 Å². The van der Waals surface area contributed by atoms with Crippen LogP contribution in [0.4, 0.5) is 5.69 Å². The Kier molecular flexibility index (Phi) is 7.55. The van der Waals surface area contributed by atoms with Crippen molar-refractivity contribution in [3.05, 3.63) is 120 Å². The van der Waals surface area contributed by atoms with Crippen molar-refractivity contribution in [1.29, 1.82) is 0 Å². The molecule has 5 rings (SSSR count). The third-order valence-corrected chi connectivity index (χ3v) is 6.43. The zero-order valence-corrected chi connectivity index (χ0v) is 21.4. The molecule has 0 unspecified atom stereocenters. The topological polar surface area (TPSA) is 56.8 Å². The van der Waals surface area contributed by atoms with Gasteiger partial charge in [-0.3, -0.25) is 0 Å². The molecular weight excluding hydrogens is 474 g/mol. The van der Waals surface area contributed by atoms with Crippen LogP contribution in [0.2, 0.25) is 0 Å². The Labute approximate surface area is 222 Å². The first-order valence-corrected chi connectivity index (χ1v) is 12.4. The van der Waals surface area contributed by atoms with Crippen molar-refractivity contribution in [2.45, 2.75) is 0 Å². The van der Waals surface area contributed by atoms with Gasteiger partial charge in [0.05, 0.1) is 19.8 Å². The van der Waals surface area contributed by atoms with Crippen molar-refractivity contribution < 1.29 is 19.0 Å². The highest BCUT2D eigenvalue weighted by Gasteiger charge is 2.08. The maximum atomic E-state index is 11.8. The standard InChI is InChI=1S/C33H29NO4/c1-36-30-17-15-25-14-16-29(19-28(25)20-30)34-21-24(18-23-10-12-27(13-11-23)33(35)37-2)22-38-32-9-5-7-26-6-3-4-8-31(26)32/h3-20,34H,21-22H2,1-2H3/b24-18-. The summed E-state index contributed by atoms with van der Waals surface area (Å²) in [6.45, 7) is 0.986. The highest BCUT2D eigenvalue weighted by Crippen LogP contribution is 2.27. The van der Waals surface area contributed by atoms with Crippen molar-refractivity contribution in [2.75, 3.05) is 32.7 Å². The van der Waals surface area contributed by atoms with Crippen LogP contribution in [-0.2, 0) is 4.74 Å². The first kappa shape index (κ1) is 24.9. The Morgan fingerprint density at radius 1 is 0.789 bits per heavy atom. The van der Waals surface area contributed by atoms with E-state index in [0.29, 0.717) is 18.7 Å². The molecule has 190 valence electrons. The Morgan fingerprint density at radius 3 is 2.39 bits per heavy atom. The molecule has 0 spiro atoms. The lowest BCUT2D eigenvalue weighted by Gasteiger charge is -2.14. The van der Waals surface area contributed by atoms with E-state index in [-0.39, 0.29) is 5.97 Å². The van der Waals surface area contributed by atoms with Crippen molar-refractivity contribution in [1.82, 2.24) is 0 Å². The average Bonchev–Trinajstić information content (AvgIpc) is 2.98. The van der Waals surface area contributed by atoms with Gasteiger partial charge in [0, 0.05) is 17.6 Å². The van der Waals surface area contributed by atoms with Gasteiger partial charge >= 0.3 is 5.97 Å². The molecule has 0 amide bonds. The number of hydrogen-bond donors (Lipinski definition) is 1. The summed E-state index contributed by atoms with van der Waals surface area (Å²) in [5.74, 6) is 1.32. The van der Waals surface area contributed by atoms with E-state index < -0.39 is 0 Å². The van der Waals surface area contributed by atoms with Crippen LogP contribution in [0, 0.1) is 0 Å². The molecule has 5 heteroatoms. The molecule has 5 aromatic rings. The van der Waals surface area contributed by atoms with Gasteiger partial charge in [0.15, 0.2) is 0 Å². The van der Waals surface area contributed by atoms with E-state index in [1.807, 2.05) is 48.5 Å². The van der Waals surface area contributed by atoms with Crippen LogP contribution in [0.25, 0.3) is 27.6 Å². The van der Waals surface area contributed by atoms with Crippen LogP contribution in [0.3, 0.4) is 0 Å². The van der Waals surface area contributed by atoms with E-state index in [1.54, 1.807) is 19.2 Å². The minimum absolute atomic E-state index is 0.352. The van der Waals surface area contributed by atoms with Crippen molar-refractivity contribution in [3.63, 3.8) is 0 Å². The number of benzene rings is 5. The minimum atomic E-state index is -0.352. The SMILES string of the molecule is COC(=O)c1ccc(/C=C(/CNc2ccc3ccc(OC)cc3c2)COc2cccc3ccccc23)cc1. The number of carbonyl (C=O) groups excluding carboxylic acids is 1. The fourth-order valence-corrected chi connectivity index (χ4v) is 4.38. The molecule has 0 radical (unpaired) electrons. The summed E-state index contributed by atoms with van der Waals surface area (Å²) in [5.41, 5.74) is 3.54. The molecule has 0 saturated heterocycles. The molecule has 5 nitrogen and oxygen atoms in total. The molecule has 0 aliphatic rings. The van der Waals surface area contributed by atoms with E-state index in [9.17, 15) is 4.79 Å². The fourth-order valence-electron chi connectivity index (χ4n) is 4.38. The van der Waals surface area contributed by atoms with Crippen LogP contribution >= 0.6 is 0 Å². The third-order valence-electron chi connectivity index (χ3n) is 6.43. The Morgan fingerprint density at radius 2 is 1.58 bits per heavy atom. The maximum Gasteiger partial charge on any atom is 0.337 e. The van der Waals surface area contributed by atoms with Crippen LogP contribution in [0.5, 0.6) is 11.5 Å². The highest BCUT2D eigenvalue weighted by atomic mass is 16.5. The summed E-state index contributed by atoms with van der Waals surface area (Å²) in [6, 6.07) is 34.0. The number of esters is 1. The Hall–Kier alpha value is -4.77. The summed E-state index contributed by atoms with van der Waals surface area (Å²) in [7, 11) is 3.06. The zero-order valence-electron chi connectivity index (χ0n) is 21.4. The van der Waals surface area contributed by atoms with E-state index in [2.05, 4.69) is 53.9 Å². The zero-order chi connectivity index (χ0) is 26.3. The third kappa shape index (κ3) is 5.79. The lowest BCUT2D eigenvalue weighted by atomic mass is 10.1. The summed E-state index contributed by atoms with van der Waals surface area (Å²) in [5, 5.41) is 8.01. The van der Waals surface area contributed by atoms with Gasteiger partial charge in [0.25, 0.3) is 0 Å². The molecule has 0 aromatic heterocycles. The lowest BCUT2D eigenvalue weighted by molar-refractivity contribution is 0.0600. The smallest absolute Gasteiger partial charge is 0.337 e. The molecule has 0 fully saturated rings. The summed E-state index contributed by atoms with van der Waals surface area (Å²) < 4.78 is 16.5. The van der Waals surface area contributed by atoms with Crippen LogP contribution < -0.4 is 14.8 Å². The average molecular weight is 504 g/mol. The van der Waals surface area contributed by atoms with E-state index >= 15 is 0 Å². The second kappa shape index (κ2) is 11.5. The first-order valence-electron chi connectivity index (χ1n) is 12.4. The fraction of sp³-hybridized carbons (Fsp3) is 0.121. The number of ether oxygens (including phenoxy) is 3. The van der Waals surface area contributed by atoms with Gasteiger partial charge in [-0.05, 0) is 69.8 Å². The second-order valence-electron chi connectivity index (χ2n) is 8.96. The molecular formula is C33H29NO4.